The summed E-state index contributed by atoms with van der Waals surface area (Å²) in [5.74, 6) is 0.848. The molecule has 0 aliphatic carbocycles. The first-order valence-corrected chi connectivity index (χ1v) is 11.2. The van der Waals surface area contributed by atoms with E-state index in [0.29, 0.717) is 36.8 Å². The molecule has 2 aromatic heterocycles. The molecule has 3 heterocycles. The Hall–Kier alpha value is -3.64. The highest BCUT2D eigenvalue weighted by molar-refractivity contribution is 6.31. The molecule has 1 aliphatic rings. The van der Waals surface area contributed by atoms with Gasteiger partial charge in [-0.05, 0) is 66.6 Å². The Balaban J connectivity index is 1.29. The number of fused-ring (bicyclic) bond motifs is 1. The highest BCUT2D eigenvalue weighted by Crippen LogP contribution is 2.29. The smallest absolute Gasteiger partial charge is 0.253 e. The lowest BCUT2D eigenvalue weighted by atomic mass is 10.0. The Morgan fingerprint density at radius 1 is 0.939 bits per heavy atom. The lowest BCUT2D eigenvalue weighted by Crippen LogP contribution is -2.49. The van der Waals surface area contributed by atoms with Gasteiger partial charge in [0.2, 0.25) is 6.41 Å². The molecule has 0 atom stereocenters. The third-order valence-electron chi connectivity index (χ3n) is 6.14. The van der Waals surface area contributed by atoms with Crippen molar-refractivity contribution >= 4 is 40.6 Å². The number of pyridine rings is 1. The van der Waals surface area contributed by atoms with Crippen LogP contribution in [0.25, 0.3) is 22.0 Å². The molecule has 0 bridgehead atoms. The molecule has 1 fully saturated rings. The summed E-state index contributed by atoms with van der Waals surface area (Å²) in [5, 5.41) is 1.56. The molecule has 0 saturated carbocycles. The van der Waals surface area contributed by atoms with Crippen LogP contribution in [0.3, 0.4) is 0 Å². The van der Waals surface area contributed by atoms with E-state index in [-0.39, 0.29) is 5.91 Å². The van der Waals surface area contributed by atoms with E-state index in [9.17, 15) is 9.59 Å². The van der Waals surface area contributed by atoms with Crippen molar-refractivity contribution in [1.82, 2.24) is 14.5 Å². The molecule has 33 heavy (non-hydrogen) atoms. The van der Waals surface area contributed by atoms with Gasteiger partial charge in [-0.3, -0.25) is 19.1 Å². The van der Waals surface area contributed by atoms with Gasteiger partial charge in [0, 0.05) is 54.0 Å². The molecule has 166 valence electrons. The Bertz CT molecular complexity index is 1340. The number of aromatic nitrogens is 2. The number of hydrogen-bond donors (Lipinski definition) is 0. The number of aryl methyl sites for hydroxylation is 1. The number of benzene rings is 2. The lowest BCUT2D eigenvalue weighted by Gasteiger charge is -2.36. The molecule has 4 aromatic rings. The monoisotopic (exact) mass is 458 g/mol. The molecule has 7 heteroatoms. The van der Waals surface area contributed by atoms with E-state index in [1.165, 1.54) is 0 Å². The van der Waals surface area contributed by atoms with Crippen LogP contribution in [0, 0.1) is 6.92 Å². The second-order valence-corrected chi connectivity index (χ2v) is 8.66. The molecule has 1 aliphatic heterocycles. The van der Waals surface area contributed by atoms with Crippen LogP contribution < -0.4 is 4.90 Å². The van der Waals surface area contributed by atoms with Crippen molar-refractivity contribution in [2.75, 3.05) is 31.1 Å². The number of carbonyl (C=O) groups excluding carboxylic acids is 2. The molecule has 1 saturated heterocycles. The van der Waals surface area contributed by atoms with Crippen molar-refractivity contribution in [3.8, 4) is 11.1 Å². The van der Waals surface area contributed by atoms with Gasteiger partial charge in [-0.25, -0.2) is 0 Å². The quantitative estimate of drug-likeness (QED) is 0.417. The highest BCUT2D eigenvalue weighted by atomic mass is 35.5. The van der Waals surface area contributed by atoms with Gasteiger partial charge in [0.15, 0.2) is 0 Å². The SMILES string of the molecule is Cc1cc(-c2ccc(C(=O)N3CCN(c4cc5cc(Cl)ccc5n4C=O)CC3)cc2)ccn1. The van der Waals surface area contributed by atoms with Crippen LogP contribution in [0.2, 0.25) is 5.02 Å². The van der Waals surface area contributed by atoms with Gasteiger partial charge in [-0.2, -0.15) is 0 Å². The molecule has 0 N–H and O–H groups in total. The zero-order valence-electron chi connectivity index (χ0n) is 18.2. The number of rotatable bonds is 4. The van der Waals surface area contributed by atoms with E-state index in [1.54, 1.807) is 16.8 Å². The molecule has 1 amide bonds. The number of nitrogens with zero attached hydrogens (tertiary/aromatic N) is 4. The minimum atomic E-state index is 0.0230. The average molecular weight is 459 g/mol. The molecule has 0 radical (unpaired) electrons. The average Bonchev–Trinajstić information content (AvgIpc) is 3.21. The van der Waals surface area contributed by atoms with E-state index in [1.807, 2.05) is 66.4 Å². The number of hydrogen-bond acceptors (Lipinski definition) is 4. The summed E-state index contributed by atoms with van der Waals surface area (Å²) in [6.07, 6.45) is 2.62. The largest absolute Gasteiger partial charge is 0.354 e. The number of carbonyl (C=O) groups is 2. The summed E-state index contributed by atoms with van der Waals surface area (Å²) < 4.78 is 1.64. The standard InChI is InChI=1S/C26H23ClN4O2/c1-18-14-21(8-9-28-18)19-2-4-20(5-3-19)26(33)30-12-10-29(11-13-30)25-16-22-15-23(27)6-7-24(22)31(25)17-32/h2-9,14-17H,10-13H2,1H3. The van der Waals surface area contributed by atoms with Crippen molar-refractivity contribution < 1.29 is 9.59 Å². The van der Waals surface area contributed by atoms with E-state index in [2.05, 4.69) is 9.88 Å². The number of piperazine rings is 1. The highest BCUT2D eigenvalue weighted by Gasteiger charge is 2.24. The summed E-state index contributed by atoms with van der Waals surface area (Å²) >= 11 is 6.11. The Morgan fingerprint density at radius 3 is 2.39 bits per heavy atom. The van der Waals surface area contributed by atoms with E-state index >= 15 is 0 Å². The molecular formula is C26H23ClN4O2. The first-order valence-electron chi connectivity index (χ1n) is 10.9. The van der Waals surface area contributed by atoms with E-state index in [4.69, 9.17) is 11.6 Å². The second-order valence-electron chi connectivity index (χ2n) is 8.22. The van der Waals surface area contributed by atoms with Crippen LogP contribution in [0.5, 0.6) is 0 Å². The molecule has 0 spiro atoms. The maximum atomic E-state index is 13.1. The third kappa shape index (κ3) is 4.10. The van der Waals surface area contributed by atoms with E-state index in [0.717, 1.165) is 40.0 Å². The summed E-state index contributed by atoms with van der Waals surface area (Å²) in [5.41, 5.74) is 4.61. The Labute approximate surface area is 197 Å². The molecular weight excluding hydrogens is 436 g/mol. The van der Waals surface area contributed by atoms with Crippen LogP contribution in [0.15, 0.2) is 66.9 Å². The normalized spacial score (nSPS) is 14.0. The van der Waals surface area contributed by atoms with Gasteiger partial charge in [-0.15, -0.1) is 0 Å². The summed E-state index contributed by atoms with van der Waals surface area (Å²) in [4.78, 5) is 33.1. The topological polar surface area (TPSA) is 58.4 Å². The van der Waals surface area contributed by atoms with Gasteiger partial charge in [0.1, 0.15) is 5.82 Å². The van der Waals surface area contributed by atoms with Gasteiger partial charge in [0.05, 0.1) is 5.52 Å². The minimum Gasteiger partial charge on any atom is -0.354 e. The molecule has 0 unspecified atom stereocenters. The van der Waals surface area contributed by atoms with Crippen LogP contribution in [-0.4, -0.2) is 52.9 Å². The summed E-state index contributed by atoms with van der Waals surface area (Å²) in [6, 6.07) is 19.2. The fraction of sp³-hybridized carbons (Fsp3) is 0.192. The van der Waals surface area contributed by atoms with Crippen LogP contribution >= 0.6 is 11.6 Å². The zero-order valence-corrected chi connectivity index (χ0v) is 19.0. The van der Waals surface area contributed by atoms with Crippen molar-refractivity contribution in [3.05, 3.63) is 83.1 Å². The first kappa shape index (κ1) is 21.2. The minimum absolute atomic E-state index is 0.0230. The van der Waals surface area contributed by atoms with Gasteiger partial charge < -0.3 is 9.80 Å². The maximum Gasteiger partial charge on any atom is 0.253 e. The van der Waals surface area contributed by atoms with Gasteiger partial charge in [-0.1, -0.05) is 23.7 Å². The Kier molecular flexibility index (Phi) is 5.60. The molecule has 6 nitrogen and oxygen atoms in total. The van der Waals surface area contributed by atoms with Crippen molar-refractivity contribution in [3.63, 3.8) is 0 Å². The second kappa shape index (κ2) is 8.71. The lowest BCUT2D eigenvalue weighted by molar-refractivity contribution is 0.0746. The predicted octanol–water partition coefficient (Wildman–Crippen LogP) is 4.67. The first-order chi connectivity index (χ1) is 16.0. The number of amides is 1. The van der Waals surface area contributed by atoms with Crippen molar-refractivity contribution in [2.45, 2.75) is 6.92 Å². The molecule has 2 aromatic carbocycles. The predicted molar refractivity (Wildman–Crippen MR) is 132 cm³/mol. The summed E-state index contributed by atoms with van der Waals surface area (Å²) in [7, 11) is 0. The van der Waals surface area contributed by atoms with Crippen LogP contribution in [-0.2, 0) is 4.79 Å². The number of halogens is 1. The van der Waals surface area contributed by atoms with Crippen LogP contribution in [0.4, 0.5) is 5.82 Å². The Morgan fingerprint density at radius 2 is 1.70 bits per heavy atom. The molecule has 5 rings (SSSR count). The van der Waals surface area contributed by atoms with E-state index < -0.39 is 0 Å². The van der Waals surface area contributed by atoms with Gasteiger partial charge in [0.25, 0.3) is 5.91 Å². The maximum absolute atomic E-state index is 13.1. The zero-order chi connectivity index (χ0) is 22.9. The summed E-state index contributed by atoms with van der Waals surface area (Å²) in [6.45, 7) is 4.44. The van der Waals surface area contributed by atoms with Crippen LogP contribution in [0.1, 0.15) is 16.1 Å². The van der Waals surface area contributed by atoms with Crippen molar-refractivity contribution in [1.29, 1.82) is 0 Å². The van der Waals surface area contributed by atoms with Gasteiger partial charge >= 0.3 is 0 Å². The third-order valence-corrected chi connectivity index (χ3v) is 6.37. The fourth-order valence-corrected chi connectivity index (χ4v) is 4.58. The fourth-order valence-electron chi connectivity index (χ4n) is 4.40. The number of anilines is 1. The van der Waals surface area contributed by atoms with Crippen molar-refractivity contribution in [2.24, 2.45) is 0 Å².